The maximum atomic E-state index is 9.93. The zero-order valence-corrected chi connectivity index (χ0v) is 21.7. The van der Waals surface area contributed by atoms with Crippen molar-refractivity contribution >= 4 is 28.6 Å². The molecule has 2 N–H and O–H groups in total. The van der Waals surface area contributed by atoms with Gasteiger partial charge in [0, 0.05) is 24.7 Å². The van der Waals surface area contributed by atoms with Gasteiger partial charge in [0.05, 0.1) is 57.4 Å². The molecule has 0 saturated carbocycles. The van der Waals surface area contributed by atoms with E-state index in [0.717, 1.165) is 41.9 Å². The Balaban J connectivity index is 1.51. The summed E-state index contributed by atoms with van der Waals surface area (Å²) >= 11 is 0. The zero-order chi connectivity index (χ0) is 26.1. The van der Waals surface area contributed by atoms with Gasteiger partial charge in [-0.25, -0.2) is 9.67 Å². The smallest absolute Gasteiger partial charge is 0.232 e. The summed E-state index contributed by atoms with van der Waals surface area (Å²) in [6.07, 6.45) is 7.24. The fourth-order valence-electron chi connectivity index (χ4n) is 4.73. The molecule has 0 radical (unpaired) electrons. The number of aliphatic hydroxyl groups excluding tert-OH is 1. The van der Waals surface area contributed by atoms with Crippen LogP contribution in [0.15, 0.2) is 30.9 Å². The predicted octanol–water partition coefficient (Wildman–Crippen LogP) is 3.32. The Morgan fingerprint density at radius 1 is 1.11 bits per heavy atom. The number of nitrogens with one attached hydrogen (secondary N) is 1. The fourth-order valence-corrected chi connectivity index (χ4v) is 4.73. The molecule has 5 rings (SSSR count). The van der Waals surface area contributed by atoms with Crippen LogP contribution in [0.2, 0.25) is 0 Å². The highest BCUT2D eigenvalue weighted by Gasteiger charge is 2.28. The van der Waals surface area contributed by atoms with Gasteiger partial charge < -0.3 is 34.1 Å². The molecule has 1 unspecified atom stereocenters. The van der Waals surface area contributed by atoms with Crippen molar-refractivity contribution < 1.29 is 19.3 Å². The van der Waals surface area contributed by atoms with Gasteiger partial charge in [0.15, 0.2) is 23.0 Å². The Bertz CT molecular complexity index is 1370. The van der Waals surface area contributed by atoms with Crippen molar-refractivity contribution in [1.29, 1.82) is 0 Å². The monoisotopic (exact) mass is 508 g/mol. The van der Waals surface area contributed by atoms with Crippen LogP contribution >= 0.6 is 0 Å². The molecule has 0 amide bonds. The molecule has 0 aliphatic carbocycles. The molecule has 4 aromatic rings. The van der Waals surface area contributed by atoms with Crippen LogP contribution in [0.1, 0.15) is 32.7 Å². The molecule has 37 heavy (non-hydrogen) atoms. The first-order valence-corrected chi connectivity index (χ1v) is 12.2. The molecule has 1 aliphatic heterocycles. The molecular weight excluding hydrogens is 476 g/mol. The van der Waals surface area contributed by atoms with Gasteiger partial charge in [-0.1, -0.05) is 0 Å². The van der Waals surface area contributed by atoms with E-state index >= 15 is 0 Å². The lowest BCUT2D eigenvalue weighted by atomic mass is 10.2. The van der Waals surface area contributed by atoms with Gasteiger partial charge in [-0.2, -0.15) is 15.1 Å². The number of aromatic nitrogens is 6. The molecule has 12 nitrogen and oxygen atoms in total. The summed E-state index contributed by atoms with van der Waals surface area (Å²) in [5.41, 5.74) is 1.52. The Labute approximate surface area is 214 Å². The van der Waals surface area contributed by atoms with Crippen LogP contribution in [0.4, 0.5) is 17.6 Å². The first-order valence-electron chi connectivity index (χ1n) is 12.2. The number of methoxy groups -OCH3 is 3. The van der Waals surface area contributed by atoms with Crippen LogP contribution in [0.25, 0.3) is 16.7 Å². The SMILES string of the molecule is COc1cc(-n2cnc(Nc3nc(N4CCCC4CO)c4cnn(C(C)C)c4n3)c2)cc(OC)c1OC. The Morgan fingerprint density at radius 3 is 2.51 bits per heavy atom. The van der Waals surface area contributed by atoms with Crippen molar-refractivity contribution in [2.45, 2.75) is 38.8 Å². The summed E-state index contributed by atoms with van der Waals surface area (Å²) in [7, 11) is 4.73. The lowest BCUT2D eigenvalue weighted by molar-refractivity contribution is 0.266. The number of hydrogen-bond donors (Lipinski definition) is 2. The highest BCUT2D eigenvalue weighted by atomic mass is 16.5. The van der Waals surface area contributed by atoms with Crippen LogP contribution < -0.4 is 24.4 Å². The van der Waals surface area contributed by atoms with Gasteiger partial charge in [0.2, 0.25) is 11.7 Å². The third-order valence-corrected chi connectivity index (χ3v) is 6.55. The van der Waals surface area contributed by atoms with Gasteiger partial charge in [0.25, 0.3) is 0 Å². The summed E-state index contributed by atoms with van der Waals surface area (Å²) in [5.74, 6) is 3.35. The van der Waals surface area contributed by atoms with E-state index in [-0.39, 0.29) is 18.7 Å². The zero-order valence-electron chi connectivity index (χ0n) is 21.7. The summed E-state index contributed by atoms with van der Waals surface area (Å²) in [6, 6.07) is 3.83. The molecule has 0 spiro atoms. The fraction of sp³-hybridized carbons (Fsp3) is 0.440. The van der Waals surface area contributed by atoms with E-state index in [1.807, 2.05) is 27.6 Å². The molecule has 12 heteroatoms. The number of aliphatic hydroxyl groups is 1. The maximum absolute atomic E-state index is 9.93. The van der Waals surface area contributed by atoms with Gasteiger partial charge >= 0.3 is 0 Å². The summed E-state index contributed by atoms with van der Waals surface area (Å²) in [4.78, 5) is 16.3. The van der Waals surface area contributed by atoms with E-state index in [1.54, 1.807) is 33.9 Å². The van der Waals surface area contributed by atoms with Crippen molar-refractivity contribution in [2.24, 2.45) is 0 Å². The number of nitrogens with zero attached hydrogens (tertiary/aromatic N) is 7. The van der Waals surface area contributed by atoms with Crippen LogP contribution in [-0.2, 0) is 0 Å². The van der Waals surface area contributed by atoms with Crippen LogP contribution in [0, 0.1) is 0 Å². The van der Waals surface area contributed by atoms with Crippen molar-refractivity contribution in [1.82, 2.24) is 29.3 Å². The second-order valence-corrected chi connectivity index (χ2v) is 9.14. The second-order valence-electron chi connectivity index (χ2n) is 9.14. The normalized spacial score (nSPS) is 15.5. The number of benzene rings is 1. The van der Waals surface area contributed by atoms with E-state index in [2.05, 4.69) is 34.1 Å². The lowest BCUT2D eigenvalue weighted by Gasteiger charge is -2.25. The highest BCUT2D eigenvalue weighted by molar-refractivity contribution is 5.88. The lowest BCUT2D eigenvalue weighted by Crippen LogP contribution is -2.33. The molecule has 196 valence electrons. The van der Waals surface area contributed by atoms with Crippen LogP contribution in [0.3, 0.4) is 0 Å². The molecule has 0 bridgehead atoms. The first kappa shape index (κ1) is 24.6. The topological polar surface area (TPSA) is 125 Å². The third kappa shape index (κ3) is 4.48. The molecule has 4 heterocycles. The average Bonchev–Trinajstić information content (AvgIpc) is 3.66. The van der Waals surface area contributed by atoms with Gasteiger partial charge in [-0.3, -0.25) is 0 Å². The van der Waals surface area contributed by atoms with Crippen molar-refractivity contribution in [3.8, 4) is 22.9 Å². The average molecular weight is 509 g/mol. The standard InChI is InChI=1S/C25H32N8O4/c1-15(2)33-24-18(11-27-33)23(32-8-6-7-16(32)13-34)29-25(30-24)28-21-12-31(14-26-21)17-9-19(35-3)22(37-5)20(10-17)36-4/h9-12,14-16,34H,6-8,13H2,1-5H3,(H,28,29,30). The molecule has 3 aromatic heterocycles. The predicted molar refractivity (Wildman–Crippen MR) is 140 cm³/mol. The number of fused-ring (bicyclic) bond motifs is 1. The van der Waals surface area contributed by atoms with Gasteiger partial charge in [-0.15, -0.1) is 0 Å². The van der Waals surface area contributed by atoms with Crippen LogP contribution in [0.5, 0.6) is 17.2 Å². The van der Waals surface area contributed by atoms with Crippen molar-refractivity contribution in [3.05, 3.63) is 30.9 Å². The van der Waals surface area contributed by atoms with Gasteiger partial charge in [-0.05, 0) is 26.7 Å². The number of hydrogen-bond acceptors (Lipinski definition) is 10. The molecule has 1 saturated heterocycles. The van der Waals surface area contributed by atoms with E-state index < -0.39 is 0 Å². The number of ether oxygens (including phenoxy) is 3. The molecule has 1 atom stereocenters. The number of imidazole rings is 1. The van der Waals surface area contributed by atoms with E-state index in [1.165, 1.54) is 0 Å². The number of rotatable bonds is 9. The van der Waals surface area contributed by atoms with E-state index in [9.17, 15) is 5.11 Å². The Kier molecular flexibility index (Phi) is 6.74. The number of anilines is 3. The van der Waals surface area contributed by atoms with Crippen molar-refractivity contribution in [3.63, 3.8) is 0 Å². The van der Waals surface area contributed by atoms with Gasteiger partial charge in [0.1, 0.15) is 12.1 Å². The summed E-state index contributed by atoms with van der Waals surface area (Å²) < 4.78 is 20.1. The summed E-state index contributed by atoms with van der Waals surface area (Å²) in [6.45, 7) is 5.02. The minimum atomic E-state index is 0.0209. The third-order valence-electron chi connectivity index (χ3n) is 6.55. The summed E-state index contributed by atoms with van der Waals surface area (Å²) in [5, 5.41) is 18.6. The Morgan fingerprint density at radius 2 is 1.86 bits per heavy atom. The van der Waals surface area contributed by atoms with Crippen LogP contribution in [-0.4, -0.2) is 74.9 Å². The first-order chi connectivity index (χ1) is 18.0. The minimum absolute atomic E-state index is 0.0209. The quantitative estimate of drug-likeness (QED) is 0.348. The molecule has 1 aromatic carbocycles. The van der Waals surface area contributed by atoms with Crippen molar-refractivity contribution in [2.75, 3.05) is 44.7 Å². The molecule has 1 aliphatic rings. The second kappa shape index (κ2) is 10.1. The maximum Gasteiger partial charge on any atom is 0.232 e. The van der Waals surface area contributed by atoms with E-state index in [4.69, 9.17) is 24.2 Å². The van der Waals surface area contributed by atoms with E-state index in [0.29, 0.717) is 29.0 Å². The molecular formula is C25H32N8O4. The largest absolute Gasteiger partial charge is 0.493 e. The molecule has 1 fully saturated rings. The Hall–Kier alpha value is -4.06. The minimum Gasteiger partial charge on any atom is -0.493 e. The highest BCUT2D eigenvalue weighted by Crippen LogP contribution is 2.39.